The summed E-state index contributed by atoms with van der Waals surface area (Å²) in [6, 6.07) is 9.22. The molecule has 0 aliphatic carbocycles. The molecule has 1 aromatic rings. The molecule has 1 aliphatic heterocycles. The second kappa shape index (κ2) is 7.67. The molecule has 1 heterocycles. The van der Waals surface area contributed by atoms with Crippen molar-refractivity contribution < 1.29 is 14.3 Å². The van der Waals surface area contributed by atoms with Crippen molar-refractivity contribution in [2.45, 2.75) is 32.2 Å². The van der Waals surface area contributed by atoms with Crippen molar-refractivity contribution in [1.29, 1.82) is 0 Å². The van der Waals surface area contributed by atoms with E-state index < -0.39 is 0 Å². The lowest BCUT2D eigenvalue weighted by Gasteiger charge is -2.32. The number of para-hydroxylation sites is 1. The van der Waals surface area contributed by atoms with Gasteiger partial charge >= 0.3 is 0 Å². The standard InChI is InChI=1S/C16H22N2O3/c1-2-7-14-16(20)18(12-15(19)17-14)10-6-11-21-13-8-4-3-5-9-13/h3-5,8-9,14H,2,6-7,10-12H2,1H3,(H,17,19). The third-order valence-corrected chi connectivity index (χ3v) is 3.44. The molecule has 1 saturated heterocycles. The average Bonchev–Trinajstić information content (AvgIpc) is 2.49. The number of nitrogens with one attached hydrogen (secondary N) is 1. The van der Waals surface area contributed by atoms with Gasteiger partial charge in [0.25, 0.3) is 0 Å². The first kappa shape index (κ1) is 15.4. The number of amides is 2. The monoisotopic (exact) mass is 290 g/mol. The van der Waals surface area contributed by atoms with E-state index in [4.69, 9.17) is 4.74 Å². The molecule has 0 saturated carbocycles. The average molecular weight is 290 g/mol. The summed E-state index contributed by atoms with van der Waals surface area (Å²) in [6.45, 7) is 3.25. The second-order valence-corrected chi connectivity index (χ2v) is 5.18. The number of piperazine rings is 1. The van der Waals surface area contributed by atoms with Gasteiger partial charge in [0.15, 0.2) is 0 Å². The highest BCUT2D eigenvalue weighted by molar-refractivity contribution is 5.94. The Hall–Kier alpha value is -2.04. The fourth-order valence-electron chi connectivity index (χ4n) is 2.41. The number of rotatable bonds is 7. The summed E-state index contributed by atoms with van der Waals surface area (Å²) in [6.07, 6.45) is 2.29. The van der Waals surface area contributed by atoms with E-state index in [1.165, 1.54) is 0 Å². The van der Waals surface area contributed by atoms with Crippen LogP contribution in [0.2, 0.25) is 0 Å². The first-order chi connectivity index (χ1) is 10.2. The zero-order valence-electron chi connectivity index (χ0n) is 12.4. The van der Waals surface area contributed by atoms with Gasteiger partial charge in [0.1, 0.15) is 11.8 Å². The van der Waals surface area contributed by atoms with Crippen LogP contribution >= 0.6 is 0 Å². The Morgan fingerprint density at radius 2 is 2.05 bits per heavy atom. The van der Waals surface area contributed by atoms with Gasteiger partial charge in [-0.05, 0) is 25.0 Å². The van der Waals surface area contributed by atoms with Crippen molar-refractivity contribution in [1.82, 2.24) is 10.2 Å². The summed E-state index contributed by atoms with van der Waals surface area (Å²) in [5, 5.41) is 2.75. The molecule has 1 N–H and O–H groups in total. The topological polar surface area (TPSA) is 58.6 Å². The zero-order valence-corrected chi connectivity index (χ0v) is 12.4. The number of carbonyl (C=O) groups excluding carboxylic acids is 2. The molecule has 0 radical (unpaired) electrons. The van der Waals surface area contributed by atoms with Crippen molar-refractivity contribution in [3.63, 3.8) is 0 Å². The molecular weight excluding hydrogens is 268 g/mol. The van der Waals surface area contributed by atoms with Crippen molar-refractivity contribution in [3.8, 4) is 5.75 Å². The lowest BCUT2D eigenvalue weighted by molar-refractivity contribution is -0.144. The van der Waals surface area contributed by atoms with Crippen LogP contribution in [-0.4, -0.2) is 42.5 Å². The predicted octanol–water partition coefficient (Wildman–Crippen LogP) is 1.58. The van der Waals surface area contributed by atoms with Crippen molar-refractivity contribution in [2.24, 2.45) is 0 Å². The molecule has 2 amide bonds. The number of carbonyl (C=O) groups is 2. The summed E-state index contributed by atoms with van der Waals surface area (Å²) >= 11 is 0. The third-order valence-electron chi connectivity index (χ3n) is 3.44. The molecule has 0 bridgehead atoms. The van der Waals surface area contributed by atoms with Crippen LogP contribution in [0.15, 0.2) is 30.3 Å². The molecule has 5 heteroatoms. The summed E-state index contributed by atoms with van der Waals surface area (Å²) in [5.74, 6) is 0.775. The SMILES string of the molecule is CCCC1NC(=O)CN(CCCOc2ccccc2)C1=O. The molecule has 2 rings (SSSR count). The summed E-state index contributed by atoms with van der Waals surface area (Å²) in [7, 11) is 0. The molecule has 21 heavy (non-hydrogen) atoms. The van der Waals surface area contributed by atoms with Gasteiger partial charge in [-0.3, -0.25) is 9.59 Å². The summed E-state index contributed by atoms with van der Waals surface area (Å²) < 4.78 is 5.59. The summed E-state index contributed by atoms with van der Waals surface area (Å²) in [4.78, 5) is 25.5. The number of ether oxygens (including phenoxy) is 1. The van der Waals surface area contributed by atoms with E-state index in [2.05, 4.69) is 5.32 Å². The minimum Gasteiger partial charge on any atom is -0.494 e. The van der Waals surface area contributed by atoms with Gasteiger partial charge in [0.2, 0.25) is 11.8 Å². The Bertz CT molecular complexity index is 476. The van der Waals surface area contributed by atoms with Crippen LogP contribution in [0, 0.1) is 0 Å². The predicted molar refractivity (Wildman–Crippen MR) is 80.0 cm³/mol. The van der Waals surface area contributed by atoms with Gasteiger partial charge in [0, 0.05) is 6.54 Å². The van der Waals surface area contributed by atoms with Crippen LogP contribution in [-0.2, 0) is 9.59 Å². The fraction of sp³-hybridized carbons (Fsp3) is 0.500. The number of nitrogens with zero attached hydrogens (tertiary/aromatic N) is 1. The lowest BCUT2D eigenvalue weighted by Crippen LogP contribution is -2.58. The quantitative estimate of drug-likeness (QED) is 0.776. The van der Waals surface area contributed by atoms with E-state index in [0.717, 1.165) is 12.2 Å². The summed E-state index contributed by atoms with van der Waals surface area (Å²) in [5.41, 5.74) is 0. The molecule has 114 valence electrons. The largest absolute Gasteiger partial charge is 0.494 e. The Balaban J connectivity index is 1.76. The zero-order chi connectivity index (χ0) is 15.1. The maximum absolute atomic E-state index is 12.2. The Morgan fingerprint density at radius 1 is 1.29 bits per heavy atom. The van der Waals surface area contributed by atoms with E-state index in [1.807, 2.05) is 37.3 Å². The van der Waals surface area contributed by atoms with Crippen LogP contribution in [0.3, 0.4) is 0 Å². The van der Waals surface area contributed by atoms with Crippen LogP contribution in [0.5, 0.6) is 5.75 Å². The van der Waals surface area contributed by atoms with E-state index in [0.29, 0.717) is 26.0 Å². The van der Waals surface area contributed by atoms with E-state index in [-0.39, 0.29) is 24.4 Å². The third kappa shape index (κ3) is 4.48. The Kier molecular flexibility index (Phi) is 5.60. The van der Waals surface area contributed by atoms with Crippen molar-refractivity contribution >= 4 is 11.8 Å². The molecule has 1 aliphatic rings. The molecule has 0 spiro atoms. The minimum atomic E-state index is -0.355. The highest BCUT2D eigenvalue weighted by Gasteiger charge is 2.31. The molecule has 1 atom stereocenters. The second-order valence-electron chi connectivity index (χ2n) is 5.18. The number of hydrogen-bond donors (Lipinski definition) is 1. The van der Waals surface area contributed by atoms with E-state index in [9.17, 15) is 9.59 Å². The Labute approximate surface area is 125 Å². The van der Waals surface area contributed by atoms with Gasteiger partial charge in [-0.15, -0.1) is 0 Å². The van der Waals surface area contributed by atoms with E-state index in [1.54, 1.807) is 4.90 Å². The number of benzene rings is 1. The molecule has 1 aromatic carbocycles. The van der Waals surface area contributed by atoms with Gasteiger partial charge in [-0.2, -0.15) is 0 Å². The fourth-order valence-corrected chi connectivity index (χ4v) is 2.41. The first-order valence-corrected chi connectivity index (χ1v) is 7.46. The highest BCUT2D eigenvalue weighted by atomic mass is 16.5. The molecule has 0 aromatic heterocycles. The molecule has 1 fully saturated rings. The smallest absolute Gasteiger partial charge is 0.245 e. The molecule has 5 nitrogen and oxygen atoms in total. The van der Waals surface area contributed by atoms with Gasteiger partial charge < -0.3 is 15.0 Å². The normalized spacial score (nSPS) is 18.5. The van der Waals surface area contributed by atoms with Crippen LogP contribution in [0.25, 0.3) is 0 Å². The van der Waals surface area contributed by atoms with Crippen molar-refractivity contribution in [2.75, 3.05) is 19.7 Å². The minimum absolute atomic E-state index is 0.0242. The first-order valence-electron chi connectivity index (χ1n) is 7.46. The van der Waals surface area contributed by atoms with E-state index >= 15 is 0 Å². The lowest BCUT2D eigenvalue weighted by atomic mass is 10.1. The molecule has 1 unspecified atom stereocenters. The maximum atomic E-state index is 12.2. The van der Waals surface area contributed by atoms with Gasteiger partial charge in [0.05, 0.1) is 13.2 Å². The maximum Gasteiger partial charge on any atom is 0.245 e. The van der Waals surface area contributed by atoms with Gasteiger partial charge in [-0.25, -0.2) is 0 Å². The highest BCUT2D eigenvalue weighted by Crippen LogP contribution is 2.10. The van der Waals surface area contributed by atoms with Crippen molar-refractivity contribution in [3.05, 3.63) is 30.3 Å². The number of hydrogen-bond acceptors (Lipinski definition) is 3. The van der Waals surface area contributed by atoms with Crippen LogP contribution in [0.4, 0.5) is 0 Å². The van der Waals surface area contributed by atoms with Gasteiger partial charge in [-0.1, -0.05) is 31.5 Å². The molecular formula is C16H22N2O3. The van der Waals surface area contributed by atoms with Crippen LogP contribution < -0.4 is 10.1 Å². The Morgan fingerprint density at radius 3 is 2.76 bits per heavy atom. The van der Waals surface area contributed by atoms with Crippen LogP contribution in [0.1, 0.15) is 26.2 Å².